The van der Waals surface area contributed by atoms with Crippen molar-refractivity contribution >= 4 is 95.6 Å². The summed E-state index contributed by atoms with van der Waals surface area (Å²) in [6.07, 6.45) is 4.78. The van der Waals surface area contributed by atoms with Crippen molar-refractivity contribution in [2.24, 2.45) is 0 Å². The molecule has 4 atom stereocenters. The van der Waals surface area contributed by atoms with Crippen LogP contribution in [0.5, 0.6) is 0 Å². The second kappa shape index (κ2) is 10.2. The fraction of sp³-hybridized carbons (Fsp3) is 1.00. The average Bonchev–Trinajstić information content (AvgIpc) is 2.38. The number of ether oxygens (including phenoxy) is 2. The van der Waals surface area contributed by atoms with E-state index in [2.05, 4.69) is 95.6 Å². The Balaban J connectivity index is 1.70. The van der Waals surface area contributed by atoms with Gasteiger partial charge < -0.3 is 9.47 Å². The standard InChI is InChI=1S/C14H20Br6O2/c15-7-3-9(17)13(10(18)4-7)21-1-2-22-14-11(19)5-8(16)6-12(14)20/h7-14H,1-6H2. The number of hydrogen-bond donors (Lipinski definition) is 0. The summed E-state index contributed by atoms with van der Waals surface area (Å²) in [4.78, 5) is 2.64. The van der Waals surface area contributed by atoms with Gasteiger partial charge in [-0.15, -0.1) is 0 Å². The molecule has 0 aromatic rings. The van der Waals surface area contributed by atoms with E-state index in [1.54, 1.807) is 0 Å². The Morgan fingerprint density at radius 2 is 0.818 bits per heavy atom. The molecule has 0 amide bonds. The number of alkyl halides is 6. The highest BCUT2D eigenvalue weighted by molar-refractivity contribution is 9.11. The molecule has 2 aliphatic carbocycles. The topological polar surface area (TPSA) is 18.5 Å². The summed E-state index contributed by atoms with van der Waals surface area (Å²) in [5.41, 5.74) is 0. The second-order valence-electron chi connectivity index (χ2n) is 5.87. The van der Waals surface area contributed by atoms with Crippen LogP contribution >= 0.6 is 95.6 Å². The van der Waals surface area contributed by atoms with Crippen molar-refractivity contribution in [3.05, 3.63) is 0 Å². The molecule has 2 saturated carbocycles. The monoisotopic (exact) mass is 694 g/mol. The van der Waals surface area contributed by atoms with Gasteiger partial charge in [0.25, 0.3) is 0 Å². The maximum absolute atomic E-state index is 6.06. The fourth-order valence-electron chi connectivity index (χ4n) is 2.95. The van der Waals surface area contributed by atoms with Crippen LogP contribution in [0.15, 0.2) is 0 Å². The van der Waals surface area contributed by atoms with E-state index in [1.807, 2.05) is 0 Å². The molecule has 2 rings (SSSR count). The molecule has 22 heavy (non-hydrogen) atoms. The van der Waals surface area contributed by atoms with Crippen LogP contribution in [-0.2, 0) is 9.47 Å². The lowest BCUT2D eigenvalue weighted by molar-refractivity contribution is -0.0295. The first kappa shape index (κ1) is 21.1. The second-order valence-corrected chi connectivity index (χ2v) is 13.2. The predicted molar refractivity (Wildman–Crippen MR) is 114 cm³/mol. The number of hydrogen-bond acceptors (Lipinski definition) is 2. The molecule has 0 aliphatic heterocycles. The molecule has 130 valence electrons. The van der Waals surface area contributed by atoms with Gasteiger partial charge in [-0.2, -0.15) is 0 Å². The largest absolute Gasteiger partial charge is 0.373 e. The van der Waals surface area contributed by atoms with Crippen molar-refractivity contribution in [3.8, 4) is 0 Å². The minimum atomic E-state index is 0.204. The Hall–Kier alpha value is 2.80. The summed E-state index contributed by atoms with van der Waals surface area (Å²) < 4.78 is 12.1. The molecule has 0 saturated heterocycles. The molecule has 8 heteroatoms. The van der Waals surface area contributed by atoms with Gasteiger partial charge in [0, 0.05) is 29.0 Å². The van der Waals surface area contributed by atoms with Gasteiger partial charge in [0.2, 0.25) is 0 Å². The van der Waals surface area contributed by atoms with E-state index in [1.165, 1.54) is 0 Å². The van der Waals surface area contributed by atoms with Crippen LogP contribution in [0.25, 0.3) is 0 Å². The Morgan fingerprint density at radius 1 is 0.545 bits per heavy atom. The first-order valence-corrected chi connectivity index (χ1v) is 13.0. The molecule has 0 spiro atoms. The molecule has 0 bridgehead atoms. The quantitative estimate of drug-likeness (QED) is 0.262. The van der Waals surface area contributed by atoms with Crippen LogP contribution < -0.4 is 0 Å². The lowest BCUT2D eigenvalue weighted by Crippen LogP contribution is -2.43. The molecule has 0 aromatic carbocycles. The highest BCUT2D eigenvalue weighted by atomic mass is 79.9. The van der Waals surface area contributed by atoms with Crippen LogP contribution in [0.2, 0.25) is 0 Å². The van der Waals surface area contributed by atoms with Crippen LogP contribution in [0.4, 0.5) is 0 Å². The van der Waals surface area contributed by atoms with E-state index in [4.69, 9.17) is 9.47 Å². The van der Waals surface area contributed by atoms with E-state index in [0.29, 0.717) is 42.2 Å². The Kier molecular flexibility index (Phi) is 9.80. The minimum absolute atomic E-state index is 0.204. The first-order chi connectivity index (χ1) is 10.4. The van der Waals surface area contributed by atoms with Crippen molar-refractivity contribution < 1.29 is 9.47 Å². The average molecular weight is 700 g/mol. The molecular weight excluding hydrogens is 680 g/mol. The van der Waals surface area contributed by atoms with Crippen molar-refractivity contribution in [2.75, 3.05) is 13.2 Å². The molecular formula is C14H20Br6O2. The van der Waals surface area contributed by atoms with Gasteiger partial charge in [0.1, 0.15) is 0 Å². The third-order valence-electron chi connectivity index (χ3n) is 4.05. The van der Waals surface area contributed by atoms with E-state index in [0.717, 1.165) is 25.7 Å². The predicted octanol–water partition coefficient (Wildman–Crippen LogP) is 5.93. The summed E-state index contributed by atoms with van der Waals surface area (Å²) in [6.45, 7) is 1.27. The maximum atomic E-state index is 6.06. The SMILES string of the molecule is BrC1CC(Br)C(OCCOC2C(Br)CC(Br)CC2Br)C(Br)C1. The highest BCUT2D eigenvalue weighted by Crippen LogP contribution is 2.36. The Morgan fingerprint density at radius 3 is 1.09 bits per heavy atom. The third kappa shape index (κ3) is 6.20. The van der Waals surface area contributed by atoms with Crippen molar-refractivity contribution in [3.63, 3.8) is 0 Å². The summed E-state index contributed by atoms with van der Waals surface area (Å²) in [6, 6.07) is 0. The Bertz CT molecular complexity index is 291. The molecule has 2 fully saturated rings. The van der Waals surface area contributed by atoms with Crippen molar-refractivity contribution in [2.45, 2.75) is 66.9 Å². The molecule has 0 radical (unpaired) electrons. The van der Waals surface area contributed by atoms with E-state index < -0.39 is 0 Å². The van der Waals surface area contributed by atoms with Crippen molar-refractivity contribution in [1.82, 2.24) is 0 Å². The number of halogens is 6. The van der Waals surface area contributed by atoms with Gasteiger partial charge in [-0.05, 0) is 25.7 Å². The molecule has 2 aliphatic rings. The summed E-state index contributed by atoms with van der Waals surface area (Å²) in [5.74, 6) is 0. The fourth-order valence-corrected chi connectivity index (χ4v) is 11.3. The smallest absolute Gasteiger partial charge is 0.0826 e. The minimum Gasteiger partial charge on any atom is -0.373 e. The molecule has 0 aromatic heterocycles. The van der Waals surface area contributed by atoms with E-state index in [-0.39, 0.29) is 12.2 Å². The van der Waals surface area contributed by atoms with Crippen LogP contribution in [0, 0.1) is 0 Å². The summed E-state index contributed by atoms with van der Waals surface area (Å²) in [5, 5.41) is 0. The maximum Gasteiger partial charge on any atom is 0.0826 e. The van der Waals surface area contributed by atoms with Crippen LogP contribution in [0.1, 0.15) is 25.7 Å². The third-order valence-corrected chi connectivity index (χ3v) is 9.13. The van der Waals surface area contributed by atoms with Crippen molar-refractivity contribution in [1.29, 1.82) is 0 Å². The van der Waals surface area contributed by atoms with Gasteiger partial charge in [-0.1, -0.05) is 95.6 Å². The highest BCUT2D eigenvalue weighted by Gasteiger charge is 2.36. The van der Waals surface area contributed by atoms with Gasteiger partial charge >= 0.3 is 0 Å². The lowest BCUT2D eigenvalue weighted by Gasteiger charge is -2.36. The number of rotatable bonds is 5. The lowest BCUT2D eigenvalue weighted by atomic mass is 9.97. The summed E-state index contributed by atoms with van der Waals surface area (Å²) in [7, 11) is 0. The molecule has 2 nitrogen and oxygen atoms in total. The zero-order valence-electron chi connectivity index (χ0n) is 11.9. The van der Waals surface area contributed by atoms with Gasteiger partial charge in [0.15, 0.2) is 0 Å². The van der Waals surface area contributed by atoms with Gasteiger partial charge in [0.05, 0.1) is 25.4 Å². The molecule has 0 N–H and O–H groups in total. The first-order valence-electron chi connectivity index (χ1n) is 7.46. The van der Waals surface area contributed by atoms with Crippen LogP contribution in [-0.4, -0.2) is 54.4 Å². The van der Waals surface area contributed by atoms with E-state index in [9.17, 15) is 0 Å². The van der Waals surface area contributed by atoms with Gasteiger partial charge in [-0.25, -0.2) is 0 Å². The molecule has 4 unspecified atom stereocenters. The molecule has 0 heterocycles. The Labute approximate surface area is 183 Å². The zero-order valence-corrected chi connectivity index (χ0v) is 21.5. The zero-order chi connectivity index (χ0) is 16.3. The summed E-state index contributed by atoms with van der Waals surface area (Å²) >= 11 is 22.4. The van der Waals surface area contributed by atoms with E-state index >= 15 is 0 Å². The normalized spacial score (nSPS) is 46.6. The van der Waals surface area contributed by atoms with Gasteiger partial charge in [-0.3, -0.25) is 0 Å². The van der Waals surface area contributed by atoms with Crippen LogP contribution in [0.3, 0.4) is 0 Å².